The molecule has 1 saturated carbocycles. The molecule has 29 heavy (non-hydrogen) atoms. The highest BCUT2D eigenvalue weighted by Crippen LogP contribution is 2.56. The second kappa shape index (κ2) is 7.40. The van der Waals surface area contributed by atoms with E-state index in [1.807, 2.05) is 41.3 Å². The first-order valence-electron chi connectivity index (χ1n) is 10.7. The first kappa shape index (κ1) is 18.5. The minimum atomic E-state index is -0.167. The van der Waals surface area contributed by atoms with Crippen LogP contribution >= 0.6 is 0 Å². The molecular weight excluding hydrogens is 362 g/mol. The highest BCUT2D eigenvalue weighted by atomic mass is 16.6. The molecule has 2 aromatic rings. The Kier molecular flexibility index (Phi) is 4.73. The van der Waals surface area contributed by atoms with Crippen LogP contribution in [0.1, 0.15) is 48.8 Å². The standard InChI is InChI=1S/C25H28NO3/c1-28-20-11-10-19-15-23-21-9-5-6-12-25(21,22(19)16-20)13-14-26(23)24(27)29-17-18-7-3-2-4-8-18/h2-4,7-8,10-11,16,21,23H,1,5-6,9,12-15,17H2/t21-,23+,25+/m0/s1. The van der Waals surface area contributed by atoms with Crippen LogP contribution in [0.4, 0.5) is 4.79 Å². The highest BCUT2D eigenvalue weighted by Gasteiger charge is 2.55. The average Bonchev–Trinajstić information content (AvgIpc) is 2.78. The van der Waals surface area contributed by atoms with Gasteiger partial charge in [0, 0.05) is 18.0 Å². The smallest absolute Gasteiger partial charge is 0.410 e. The second-order valence-electron chi connectivity index (χ2n) is 8.73. The van der Waals surface area contributed by atoms with E-state index in [9.17, 15) is 4.79 Å². The van der Waals surface area contributed by atoms with Crippen LogP contribution in [0.2, 0.25) is 0 Å². The predicted molar refractivity (Wildman–Crippen MR) is 112 cm³/mol. The summed E-state index contributed by atoms with van der Waals surface area (Å²) in [6.07, 6.45) is 6.63. The van der Waals surface area contributed by atoms with Gasteiger partial charge in [-0.15, -0.1) is 0 Å². The molecule has 2 aliphatic carbocycles. The summed E-state index contributed by atoms with van der Waals surface area (Å²) in [5, 5.41) is 0. The third-order valence-corrected chi connectivity index (χ3v) is 7.41. The molecule has 1 aliphatic heterocycles. The van der Waals surface area contributed by atoms with Crippen LogP contribution in [-0.2, 0) is 23.2 Å². The molecule has 5 rings (SSSR count). The van der Waals surface area contributed by atoms with Gasteiger partial charge in [0.25, 0.3) is 0 Å². The van der Waals surface area contributed by atoms with E-state index in [0.717, 1.165) is 30.7 Å². The fourth-order valence-electron chi connectivity index (χ4n) is 6.10. The zero-order valence-corrected chi connectivity index (χ0v) is 16.8. The number of hydrogen-bond donors (Lipinski definition) is 0. The molecule has 1 heterocycles. The lowest BCUT2D eigenvalue weighted by Gasteiger charge is -2.58. The number of rotatable bonds is 3. The fourth-order valence-corrected chi connectivity index (χ4v) is 6.10. The molecule has 0 aromatic heterocycles. The zero-order valence-electron chi connectivity index (χ0n) is 16.8. The van der Waals surface area contributed by atoms with E-state index in [0.29, 0.717) is 12.5 Å². The van der Waals surface area contributed by atoms with Crippen LogP contribution in [-0.4, -0.2) is 23.6 Å². The lowest BCUT2D eigenvalue weighted by Crippen LogP contribution is -2.62. The quantitative estimate of drug-likeness (QED) is 0.718. The maximum Gasteiger partial charge on any atom is 0.410 e. The molecule has 1 radical (unpaired) electrons. The van der Waals surface area contributed by atoms with E-state index in [-0.39, 0.29) is 17.6 Å². The van der Waals surface area contributed by atoms with Crippen molar-refractivity contribution >= 4 is 6.09 Å². The molecule has 4 heteroatoms. The zero-order chi connectivity index (χ0) is 19.8. The summed E-state index contributed by atoms with van der Waals surface area (Å²) in [4.78, 5) is 15.1. The molecule has 3 atom stereocenters. The van der Waals surface area contributed by atoms with Gasteiger partial charge in [-0.2, -0.15) is 0 Å². The Bertz CT molecular complexity index is 896. The minimum absolute atomic E-state index is 0.167. The SMILES string of the molecule is [CH2]Oc1ccc2c(c1)[C@@]13CCCC[C@H]1[C@@H](C2)N(C(=O)OCc1ccccc1)CC3. The maximum atomic E-state index is 13.0. The number of amides is 1. The van der Waals surface area contributed by atoms with Crippen LogP contribution < -0.4 is 4.74 Å². The van der Waals surface area contributed by atoms with Crippen molar-refractivity contribution in [1.29, 1.82) is 0 Å². The molecule has 4 nitrogen and oxygen atoms in total. The van der Waals surface area contributed by atoms with Crippen LogP contribution in [0.15, 0.2) is 48.5 Å². The Balaban J connectivity index is 1.42. The molecule has 0 N–H and O–H groups in total. The number of carbonyl (C=O) groups excluding carboxylic acids is 1. The number of likely N-dealkylation sites (tertiary alicyclic amines) is 1. The Hall–Kier alpha value is -2.49. The molecule has 2 bridgehead atoms. The van der Waals surface area contributed by atoms with Crippen LogP contribution in [0, 0.1) is 13.0 Å². The summed E-state index contributed by atoms with van der Waals surface area (Å²) in [5.41, 5.74) is 3.99. The summed E-state index contributed by atoms with van der Waals surface area (Å²) >= 11 is 0. The molecule has 2 aromatic carbocycles. The number of ether oxygens (including phenoxy) is 2. The summed E-state index contributed by atoms with van der Waals surface area (Å²) in [6.45, 7) is 1.10. The van der Waals surface area contributed by atoms with Crippen molar-refractivity contribution in [3.63, 3.8) is 0 Å². The minimum Gasteiger partial charge on any atom is -0.490 e. The molecule has 2 fully saturated rings. The van der Waals surface area contributed by atoms with Crippen molar-refractivity contribution in [3.8, 4) is 5.75 Å². The number of carbonyl (C=O) groups is 1. The number of hydrogen-bond acceptors (Lipinski definition) is 3. The number of benzene rings is 2. The van der Waals surface area contributed by atoms with Gasteiger partial charge < -0.3 is 14.4 Å². The largest absolute Gasteiger partial charge is 0.490 e. The van der Waals surface area contributed by atoms with Crippen molar-refractivity contribution in [2.24, 2.45) is 5.92 Å². The normalized spacial score (nSPS) is 27.6. The van der Waals surface area contributed by atoms with Crippen LogP contribution in [0.5, 0.6) is 5.75 Å². The van der Waals surface area contributed by atoms with Crippen LogP contribution in [0.25, 0.3) is 0 Å². The van der Waals surface area contributed by atoms with Gasteiger partial charge in [-0.25, -0.2) is 4.79 Å². The summed E-state index contributed by atoms with van der Waals surface area (Å²) in [6, 6.07) is 16.5. The third-order valence-electron chi connectivity index (χ3n) is 7.41. The monoisotopic (exact) mass is 390 g/mol. The van der Waals surface area contributed by atoms with Crippen molar-refractivity contribution in [1.82, 2.24) is 4.90 Å². The van der Waals surface area contributed by atoms with E-state index in [1.165, 1.54) is 36.8 Å². The predicted octanol–water partition coefficient (Wildman–Crippen LogP) is 5.25. The number of nitrogens with zero attached hydrogens (tertiary/aromatic N) is 1. The lowest BCUT2D eigenvalue weighted by atomic mass is 9.52. The van der Waals surface area contributed by atoms with Crippen molar-refractivity contribution in [2.45, 2.75) is 56.6 Å². The Morgan fingerprint density at radius 1 is 1.14 bits per heavy atom. The topological polar surface area (TPSA) is 38.8 Å². The van der Waals surface area contributed by atoms with Gasteiger partial charge in [0.05, 0.1) is 0 Å². The molecule has 0 unspecified atom stereocenters. The third kappa shape index (κ3) is 3.09. The van der Waals surface area contributed by atoms with Gasteiger partial charge in [-0.3, -0.25) is 0 Å². The van der Waals surface area contributed by atoms with Gasteiger partial charge in [0.1, 0.15) is 19.5 Å². The van der Waals surface area contributed by atoms with Gasteiger partial charge >= 0.3 is 6.09 Å². The van der Waals surface area contributed by atoms with Crippen molar-refractivity contribution < 1.29 is 14.3 Å². The van der Waals surface area contributed by atoms with E-state index in [4.69, 9.17) is 9.47 Å². The number of piperidine rings is 1. The summed E-state index contributed by atoms with van der Waals surface area (Å²) < 4.78 is 11.0. The van der Waals surface area contributed by atoms with E-state index < -0.39 is 0 Å². The molecule has 0 spiro atoms. The van der Waals surface area contributed by atoms with Gasteiger partial charge in [0.15, 0.2) is 0 Å². The van der Waals surface area contributed by atoms with Gasteiger partial charge in [0.2, 0.25) is 0 Å². The Labute approximate surface area is 172 Å². The van der Waals surface area contributed by atoms with E-state index in [1.54, 1.807) is 0 Å². The lowest BCUT2D eigenvalue weighted by molar-refractivity contribution is -0.0137. The summed E-state index contributed by atoms with van der Waals surface area (Å²) in [5.74, 6) is 1.34. The summed E-state index contributed by atoms with van der Waals surface area (Å²) in [7, 11) is 3.60. The second-order valence-corrected chi connectivity index (χ2v) is 8.73. The first-order chi connectivity index (χ1) is 14.2. The fraction of sp³-hybridized carbons (Fsp3) is 0.440. The average molecular weight is 391 g/mol. The molecule has 1 saturated heterocycles. The van der Waals surface area contributed by atoms with Crippen LogP contribution in [0.3, 0.4) is 0 Å². The van der Waals surface area contributed by atoms with Crippen molar-refractivity contribution in [3.05, 3.63) is 72.3 Å². The van der Waals surface area contributed by atoms with E-state index in [2.05, 4.69) is 19.2 Å². The Morgan fingerprint density at radius 3 is 2.83 bits per heavy atom. The molecule has 1 amide bonds. The maximum absolute atomic E-state index is 13.0. The molecule has 3 aliphatic rings. The van der Waals surface area contributed by atoms with Gasteiger partial charge in [-0.1, -0.05) is 49.2 Å². The molecular formula is C25H28NO3. The van der Waals surface area contributed by atoms with Crippen molar-refractivity contribution in [2.75, 3.05) is 6.54 Å². The highest BCUT2D eigenvalue weighted by molar-refractivity contribution is 5.69. The van der Waals surface area contributed by atoms with E-state index >= 15 is 0 Å². The Morgan fingerprint density at radius 2 is 2.00 bits per heavy atom. The molecule has 151 valence electrons. The number of fused-ring (bicyclic) bond motifs is 1. The van der Waals surface area contributed by atoms with Gasteiger partial charge in [-0.05, 0) is 60.4 Å². The first-order valence-corrected chi connectivity index (χ1v) is 10.7.